The van der Waals surface area contributed by atoms with E-state index in [0.717, 1.165) is 23.3 Å². The summed E-state index contributed by atoms with van der Waals surface area (Å²) < 4.78 is 11.0. The minimum absolute atomic E-state index is 0.0187. The summed E-state index contributed by atoms with van der Waals surface area (Å²) in [5, 5.41) is 11.0. The van der Waals surface area contributed by atoms with Crippen LogP contribution in [0.2, 0.25) is 0 Å². The first-order valence-corrected chi connectivity index (χ1v) is 9.42. The lowest BCUT2D eigenvalue weighted by atomic mass is 9.97. The van der Waals surface area contributed by atoms with Crippen molar-refractivity contribution in [3.05, 3.63) is 66.1 Å². The number of carbonyl (C=O) groups excluding carboxylic acids is 1. The molecule has 0 aliphatic heterocycles. The maximum Gasteiger partial charge on any atom is 0.247 e. The Balaban J connectivity index is 1.43. The van der Waals surface area contributed by atoms with Crippen LogP contribution in [0, 0.1) is 5.92 Å². The Bertz CT molecular complexity index is 893. The SMILES string of the molecule is COc1ccccc1CC(C)CC(=O)NCCc1nnc(-c2ccccc2)o1. The van der Waals surface area contributed by atoms with E-state index in [1.807, 2.05) is 54.6 Å². The van der Waals surface area contributed by atoms with Gasteiger partial charge in [-0.2, -0.15) is 0 Å². The molecule has 0 fully saturated rings. The highest BCUT2D eigenvalue weighted by Gasteiger charge is 2.13. The standard InChI is InChI=1S/C22H25N3O3/c1-16(14-18-10-6-7-11-19(18)27-2)15-20(26)23-13-12-21-24-25-22(28-21)17-8-4-3-5-9-17/h3-11,16H,12-15H2,1-2H3,(H,23,26). The van der Waals surface area contributed by atoms with E-state index in [4.69, 9.17) is 9.15 Å². The summed E-state index contributed by atoms with van der Waals surface area (Å²) in [7, 11) is 1.66. The normalized spacial score (nSPS) is 11.8. The van der Waals surface area contributed by atoms with Gasteiger partial charge in [0, 0.05) is 24.9 Å². The smallest absolute Gasteiger partial charge is 0.247 e. The molecular formula is C22H25N3O3. The molecule has 146 valence electrons. The Morgan fingerprint density at radius 2 is 1.86 bits per heavy atom. The van der Waals surface area contributed by atoms with Gasteiger partial charge in [-0.1, -0.05) is 43.3 Å². The molecule has 0 aliphatic carbocycles. The largest absolute Gasteiger partial charge is 0.496 e. The Hall–Kier alpha value is -3.15. The van der Waals surface area contributed by atoms with E-state index in [-0.39, 0.29) is 11.8 Å². The molecule has 6 heteroatoms. The molecule has 1 unspecified atom stereocenters. The van der Waals surface area contributed by atoms with Crippen LogP contribution in [0.3, 0.4) is 0 Å². The van der Waals surface area contributed by atoms with Crippen molar-refractivity contribution in [1.82, 2.24) is 15.5 Å². The first kappa shape index (κ1) is 19.6. The maximum atomic E-state index is 12.2. The molecule has 3 rings (SSSR count). The molecule has 6 nitrogen and oxygen atoms in total. The zero-order valence-electron chi connectivity index (χ0n) is 16.2. The average molecular weight is 379 g/mol. The quantitative estimate of drug-likeness (QED) is 0.614. The van der Waals surface area contributed by atoms with Crippen LogP contribution in [-0.2, 0) is 17.6 Å². The number of aromatic nitrogens is 2. The molecule has 1 N–H and O–H groups in total. The molecule has 1 amide bonds. The minimum atomic E-state index is 0.0187. The van der Waals surface area contributed by atoms with Crippen LogP contribution in [0.5, 0.6) is 5.75 Å². The van der Waals surface area contributed by atoms with E-state index < -0.39 is 0 Å². The molecule has 0 saturated heterocycles. The van der Waals surface area contributed by atoms with Crippen LogP contribution in [0.25, 0.3) is 11.5 Å². The molecule has 2 aromatic carbocycles. The Labute approximate surface area is 164 Å². The van der Waals surface area contributed by atoms with E-state index in [1.165, 1.54) is 0 Å². The topological polar surface area (TPSA) is 77.2 Å². The van der Waals surface area contributed by atoms with Crippen molar-refractivity contribution in [2.75, 3.05) is 13.7 Å². The third-order valence-electron chi connectivity index (χ3n) is 4.44. The molecule has 0 spiro atoms. The van der Waals surface area contributed by atoms with Gasteiger partial charge in [-0.05, 0) is 36.1 Å². The molecule has 3 aromatic rings. The summed E-state index contributed by atoms with van der Waals surface area (Å²) in [6, 6.07) is 17.5. The van der Waals surface area contributed by atoms with Crippen molar-refractivity contribution >= 4 is 5.91 Å². The van der Waals surface area contributed by atoms with Crippen LogP contribution >= 0.6 is 0 Å². The van der Waals surface area contributed by atoms with E-state index in [0.29, 0.717) is 31.2 Å². The predicted molar refractivity (Wildman–Crippen MR) is 107 cm³/mol. The highest BCUT2D eigenvalue weighted by molar-refractivity contribution is 5.76. The molecule has 0 aliphatic rings. The number of methoxy groups -OCH3 is 1. The van der Waals surface area contributed by atoms with Crippen LogP contribution in [0.1, 0.15) is 24.8 Å². The molecule has 1 atom stereocenters. The first-order chi connectivity index (χ1) is 13.7. The van der Waals surface area contributed by atoms with Crippen LogP contribution in [0.15, 0.2) is 59.0 Å². The minimum Gasteiger partial charge on any atom is -0.496 e. The fourth-order valence-corrected chi connectivity index (χ4v) is 3.07. The zero-order chi connectivity index (χ0) is 19.8. The summed E-state index contributed by atoms with van der Waals surface area (Å²) in [5.74, 6) is 2.10. The lowest BCUT2D eigenvalue weighted by molar-refractivity contribution is -0.121. The molecule has 1 heterocycles. The molecule has 28 heavy (non-hydrogen) atoms. The van der Waals surface area contributed by atoms with Gasteiger partial charge in [0.2, 0.25) is 17.7 Å². The number of nitrogens with zero attached hydrogens (tertiary/aromatic N) is 2. The Morgan fingerprint density at radius 1 is 1.11 bits per heavy atom. The predicted octanol–water partition coefficient (Wildman–Crippen LogP) is 3.67. The van der Waals surface area contributed by atoms with E-state index in [2.05, 4.69) is 22.4 Å². The summed E-state index contributed by atoms with van der Waals surface area (Å²) in [6.45, 7) is 2.53. The van der Waals surface area contributed by atoms with Gasteiger partial charge in [0.1, 0.15) is 5.75 Å². The van der Waals surface area contributed by atoms with Gasteiger partial charge in [-0.15, -0.1) is 10.2 Å². The fraction of sp³-hybridized carbons (Fsp3) is 0.318. The fourth-order valence-electron chi connectivity index (χ4n) is 3.07. The van der Waals surface area contributed by atoms with Crippen LogP contribution in [0.4, 0.5) is 0 Å². The number of hydrogen-bond donors (Lipinski definition) is 1. The van der Waals surface area contributed by atoms with Gasteiger partial charge in [0.25, 0.3) is 0 Å². The summed E-state index contributed by atoms with van der Waals surface area (Å²) in [6.07, 6.45) is 1.76. The number of hydrogen-bond acceptors (Lipinski definition) is 5. The lowest BCUT2D eigenvalue weighted by Crippen LogP contribution is -2.27. The number of para-hydroxylation sites is 1. The zero-order valence-corrected chi connectivity index (χ0v) is 16.2. The number of carbonyl (C=O) groups is 1. The highest BCUT2D eigenvalue weighted by Crippen LogP contribution is 2.22. The Morgan fingerprint density at radius 3 is 2.64 bits per heavy atom. The molecule has 0 radical (unpaired) electrons. The summed E-state index contributed by atoms with van der Waals surface area (Å²) in [4.78, 5) is 12.2. The number of nitrogens with one attached hydrogen (secondary N) is 1. The van der Waals surface area contributed by atoms with E-state index >= 15 is 0 Å². The van der Waals surface area contributed by atoms with Crippen molar-refractivity contribution in [3.63, 3.8) is 0 Å². The lowest BCUT2D eigenvalue weighted by Gasteiger charge is -2.14. The summed E-state index contributed by atoms with van der Waals surface area (Å²) in [5.41, 5.74) is 2.00. The number of benzene rings is 2. The van der Waals surface area contributed by atoms with E-state index in [9.17, 15) is 4.79 Å². The molecule has 0 bridgehead atoms. The third-order valence-corrected chi connectivity index (χ3v) is 4.44. The second-order valence-electron chi connectivity index (χ2n) is 6.79. The summed E-state index contributed by atoms with van der Waals surface area (Å²) >= 11 is 0. The van der Waals surface area contributed by atoms with E-state index in [1.54, 1.807) is 7.11 Å². The van der Waals surface area contributed by atoms with Gasteiger partial charge >= 0.3 is 0 Å². The van der Waals surface area contributed by atoms with Crippen LogP contribution in [-0.4, -0.2) is 29.8 Å². The molecule has 0 saturated carbocycles. The van der Waals surface area contributed by atoms with Crippen molar-refractivity contribution in [2.45, 2.75) is 26.2 Å². The second-order valence-corrected chi connectivity index (χ2v) is 6.79. The third kappa shape index (κ3) is 5.42. The monoisotopic (exact) mass is 379 g/mol. The maximum absolute atomic E-state index is 12.2. The van der Waals surface area contributed by atoms with Crippen molar-refractivity contribution in [2.24, 2.45) is 5.92 Å². The van der Waals surface area contributed by atoms with Gasteiger partial charge in [0.15, 0.2) is 0 Å². The van der Waals surface area contributed by atoms with Gasteiger partial charge < -0.3 is 14.5 Å². The van der Waals surface area contributed by atoms with Crippen molar-refractivity contribution in [3.8, 4) is 17.2 Å². The van der Waals surface area contributed by atoms with Gasteiger partial charge in [0.05, 0.1) is 7.11 Å². The first-order valence-electron chi connectivity index (χ1n) is 9.42. The van der Waals surface area contributed by atoms with Crippen LogP contribution < -0.4 is 10.1 Å². The highest BCUT2D eigenvalue weighted by atomic mass is 16.5. The van der Waals surface area contributed by atoms with Crippen molar-refractivity contribution in [1.29, 1.82) is 0 Å². The molecular weight excluding hydrogens is 354 g/mol. The Kier molecular flexibility index (Phi) is 6.78. The average Bonchev–Trinajstić information content (AvgIpc) is 3.18. The second kappa shape index (κ2) is 9.69. The molecule has 1 aromatic heterocycles. The number of rotatable bonds is 9. The van der Waals surface area contributed by atoms with Crippen molar-refractivity contribution < 1.29 is 13.9 Å². The van der Waals surface area contributed by atoms with Gasteiger partial charge in [-0.3, -0.25) is 4.79 Å². The number of amides is 1. The van der Waals surface area contributed by atoms with Gasteiger partial charge in [-0.25, -0.2) is 0 Å². The number of ether oxygens (including phenoxy) is 1.